The summed E-state index contributed by atoms with van der Waals surface area (Å²) >= 11 is 5.84. The van der Waals surface area contributed by atoms with Crippen molar-refractivity contribution in [1.29, 1.82) is 0 Å². The van der Waals surface area contributed by atoms with Crippen molar-refractivity contribution in [2.75, 3.05) is 27.4 Å². The lowest BCUT2D eigenvalue weighted by atomic mass is 9.73. The van der Waals surface area contributed by atoms with E-state index in [-0.39, 0.29) is 22.3 Å². The lowest BCUT2D eigenvalue weighted by molar-refractivity contribution is -0.249. The van der Waals surface area contributed by atoms with Crippen molar-refractivity contribution in [3.63, 3.8) is 0 Å². The van der Waals surface area contributed by atoms with Crippen LogP contribution in [0, 0.1) is 11.3 Å². The van der Waals surface area contributed by atoms with Crippen molar-refractivity contribution < 1.29 is 28.5 Å². The molecule has 2 aromatic heterocycles. The topological polar surface area (TPSA) is 103 Å². The lowest BCUT2D eigenvalue weighted by Crippen LogP contribution is -2.53. The Morgan fingerprint density at radius 1 is 1.31 bits per heavy atom. The fourth-order valence-electron chi connectivity index (χ4n) is 2.69. The maximum atomic E-state index is 15.4. The van der Waals surface area contributed by atoms with Crippen molar-refractivity contribution in [3.05, 3.63) is 11.6 Å². The predicted octanol–water partition coefficient (Wildman–Crippen LogP) is 1.90. The fraction of sp³-hybridized carbons (Fsp3) is 0.667. The van der Waals surface area contributed by atoms with Crippen LogP contribution in [0.3, 0.4) is 0 Å². The van der Waals surface area contributed by atoms with E-state index in [2.05, 4.69) is 15.0 Å². The van der Waals surface area contributed by atoms with E-state index in [1.54, 1.807) is 0 Å². The zero-order valence-electron chi connectivity index (χ0n) is 14.8. The molecule has 2 heterocycles. The minimum Gasteiger partial charge on any atom is -0.479 e. The highest BCUT2D eigenvalue weighted by atomic mass is 35.5. The molecule has 146 valence electrons. The Balaban J connectivity index is 2.64. The van der Waals surface area contributed by atoms with E-state index < -0.39 is 36.7 Å². The minimum atomic E-state index is -3.60. The molecule has 3 unspecified atom stereocenters. The number of aliphatic hydroxyl groups excluding tert-OH is 2. The fourth-order valence-corrected chi connectivity index (χ4v) is 2.85. The molecule has 8 nitrogen and oxygen atoms in total. The summed E-state index contributed by atoms with van der Waals surface area (Å²) in [6.45, 7) is 1.20. The molecule has 0 fully saturated rings. The van der Waals surface area contributed by atoms with Gasteiger partial charge in [0.15, 0.2) is 11.2 Å². The molecular formula is C15H21ClF2N4O4. The zero-order valence-corrected chi connectivity index (χ0v) is 15.5. The summed E-state index contributed by atoms with van der Waals surface area (Å²) in [5, 5.41) is 18.8. The number of methoxy groups -OCH3 is 2. The van der Waals surface area contributed by atoms with Gasteiger partial charge in [-0.25, -0.2) is 13.8 Å². The highest BCUT2D eigenvalue weighted by Crippen LogP contribution is 2.49. The van der Waals surface area contributed by atoms with Gasteiger partial charge >= 0.3 is 0 Å². The van der Waals surface area contributed by atoms with Crippen LogP contribution >= 0.6 is 11.6 Å². The number of aromatic nitrogens is 4. The number of hydrogen-bond acceptors (Lipinski definition) is 7. The third-order valence-corrected chi connectivity index (χ3v) is 4.96. The third-order valence-electron chi connectivity index (χ3n) is 4.79. The summed E-state index contributed by atoms with van der Waals surface area (Å²) in [6, 6.07) is 0. The van der Waals surface area contributed by atoms with E-state index in [9.17, 15) is 10.2 Å². The Morgan fingerprint density at radius 2 is 1.96 bits per heavy atom. The second-order valence-corrected chi connectivity index (χ2v) is 6.53. The molecule has 0 aliphatic carbocycles. The molecule has 0 saturated heterocycles. The molecule has 0 radical (unpaired) electrons. The molecule has 26 heavy (non-hydrogen) atoms. The smallest absolute Gasteiger partial charge is 0.300 e. The van der Waals surface area contributed by atoms with Crippen LogP contribution in [0.4, 0.5) is 8.78 Å². The van der Waals surface area contributed by atoms with Gasteiger partial charge in [0, 0.05) is 13.7 Å². The first-order chi connectivity index (χ1) is 12.2. The Bertz CT molecular complexity index is 775. The number of halogens is 3. The molecule has 0 aliphatic heterocycles. The van der Waals surface area contributed by atoms with Gasteiger partial charge in [-0.1, -0.05) is 13.8 Å². The van der Waals surface area contributed by atoms with Gasteiger partial charge in [0.25, 0.3) is 5.92 Å². The van der Waals surface area contributed by atoms with E-state index in [0.717, 1.165) is 18.0 Å². The molecule has 0 bridgehead atoms. The standard InChI is InChI=1S/C15H21ClF2N4O4/c1-8(5-23)14(2,6-24)15(17,18)12(26-4)22-7-19-9-10(22)20-13(16)21-11(9)25-3/h7-8,12,23-24H,5-6H2,1-4H3. The van der Waals surface area contributed by atoms with Gasteiger partial charge in [0.2, 0.25) is 17.4 Å². The lowest BCUT2D eigenvalue weighted by Gasteiger charge is -2.43. The average Bonchev–Trinajstić information content (AvgIpc) is 3.03. The Kier molecular flexibility index (Phi) is 6.01. The molecule has 2 rings (SSSR count). The van der Waals surface area contributed by atoms with Crippen LogP contribution in [-0.2, 0) is 4.74 Å². The quantitative estimate of drug-likeness (QED) is 0.659. The first-order valence-corrected chi connectivity index (χ1v) is 8.12. The van der Waals surface area contributed by atoms with Crippen LogP contribution in [0.5, 0.6) is 5.88 Å². The summed E-state index contributed by atoms with van der Waals surface area (Å²) in [6.07, 6.45) is -0.754. The number of hydrogen-bond donors (Lipinski definition) is 2. The van der Waals surface area contributed by atoms with Crippen molar-refractivity contribution in [3.8, 4) is 5.88 Å². The summed E-state index contributed by atoms with van der Waals surface area (Å²) in [7, 11) is 2.44. The van der Waals surface area contributed by atoms with E-state index in [1.807, 2.05) is 0 Å². The molecule has 11 heteroatoms. The molecule has 0 saturated carbocycles. The van der Waals surface area contributed by atoms with Crippen molar-refractivity contribution in [1.82, 2.24) is 19.5 Å². The summed E-state index contributed by atoms with van der Waals surface area (Å²) in [5.41, 5.74) is -1.85. The number of aliphatic hydroxyl groups is 2. The molecule has 0 amide bonds. The number of nitrogens with zero attached hydrogens (tertiary/aromatic N) is 4. The largest absolute Gasteiger partial charge is 0.479 e. The van der Waals surface area contributed by atoms with Gasteiger partial charge in [0.1, 0.15) is 0 Å². The van der Waals surface area contributed by atoms with Crippen LogP contribution < -0.4 is 4.74 Å². The molecule has 2 aromatic rings. The molecular weight excluding hydrogens is 374 g/mol. The monoisotopic (exact) mass is 394 g/mol. The molecule has 3 atom stereocenters. The van der Waals surface area contributed by atoms with Crippen LogP contribution in [0.15, 0.2) is 6.33 Å². The zero-order chi connectivity index (χ0) is 19.7. The van der Waals surface area contributed by atoms with E-state index in [0.29, 0.717) is 0 Å². The SMILES string of the molecule is COc1nc(Cl)nc2c1ncn2C(OC)C(F)(F)C(C)(CO)C(C)CO. The Labute approximate surface area is 153 Å². The number of rotatable bonds is 8. The Morgan fingerprint density at radius 3 is 2.46 bits per heavy atom. The molecule has 0 spiro atoms. The summed E-state index contributed by atoms with van der Waals surface area (Å²) in [4.78, 5) is 11.8. The van der Waals surface area contributed by atoms with E-state index in [4.69, 9.17) is 21.1 Å². The number of imidazole rings is 1. The highest BCUT2D eigenvalue weighted by molar-refractivity contribution is 6.28. The molecule has 2 N–H and O–H groups in total. The number of fused-ring (bicyclic) bond motifs is 1. The summed E-state index contributed by atoms with van der Waals surface area (Å²) < 4.78 is 41.9. The summed E-state index contributed by atoms with van der Waals surface area (Å²) in [5.74, 6) is -4.48. The second kappa shape index (κ2) is 7.55. The highest BCUT2D eigenvalue weighted by Gasteiger charge is 2.59. The minimum absolute atomic E-state index is 0.00897. The third kappa shape index (κ3) is 3.11. The number of ether oxygens (including phenoxy) is 2. The van der Waals surface area contributed by atoms with Crippen LogP contribution in [0.1, 0.15) is 20.1 Å². The second-order valence-electron chi connectivity index (χ2n) is 6.20. The van der Waals surface area contributed by atoms with Crippen LogP contribution in [0.25, 0.3) is 11.2 Å². The Hall–Kier alpha value is -1.62. The van der Waals surface area contributed by atoms with Gasteiger partial charge in [0.05, 0.1) is 25.5 Å². The predicted molar refractivity (Wildman–Crippen MR) is 89.3 cm³/mol. The van der Waals surface area contributed by atoms with Crippen LogP contribution in [-0.4, -0.2) is 63.1 Å². The van der Waals surface area contributed by atoms with Gasteiger partial charge in [-0.15, -0.1) is 0 Å². The van der Waals surface area contributed by atoms with Gasteiger partial charge in [-0.3, -0.25) is 4.57 Å². The maximum Gasteiger partial charge on any atom is 0.300 e. The normalized spacial score (nSPS) is 17.1. The molecule has 0 aromatic carbocycles. The number of alkyl halides is 2. The van der Waals surface area contributed by atoms with Gasteiger partial charge < -0.3 is 19.7 Å². The van der Waals surface area contributed by atoms with Crippen molar-refractivity contribution in [2.45, 2.75) is 26.0 Å². The maximum absolute atomic E-state index is 15.4. The van der Waals surface area contributed by atoms with E-state index in [1.165, 1.54) is 21.0 Å². The van der Waals surface area contributed by atoms with Crippen molar-refractivity contribution in [2.24, 2.45) is 11.3 Å². The molecule has 0 aliphatic rings. The van der Waals surface area contributed by atoms with E-state index >= 15 is 8.78 Å². The van der Waals surface area contributed by atoms with Gasteiger partial charge in [-0.05, 0) is 17.5 Å². The first kappa shape index (κ1) is 20.7. The van der Waals surface area contributed by atoms with Crippen LogP contribution in [0.2, 0.25) is 5.28 Å². The van der Waals surface area contributed by atoms with Crippen molar-refractivity contribution >= 4 is 22.8 Å². The average molecular weight is 395 g/mol. The van der Waals surface area contributed by atoms with Gasteiger partial charge in [-0.2, -0.15) is 9.97 Å². The first-order valence-electron chi connectivity index (χ1n) is 7.74.